The van der Waals surface area contributed by atoms with Gasteiger partial charge in [-0.2, -0.15) is 4.31 Å². The first kappa shape index (κ1) is 22.0. The van der Waals surface area contributed by atoms with Crippen molar-refractivity contribution in [1.29, 1.82) is 0 Å². The Morgan fingerprint density at radius 3 is 2.27 bits per heavy atom. The summed E-state index contributed by atoms with van der Waals surface area (Å²) in [6.07, 6.45) is 2.53. The molecule has 0 spiro atoms. The van der Waals surface area contributed by atoms with Crippen molar-refractivity contribution in [2.75, 3.05) is 18.4 Å². The molecule has 7 nitrogen and oxygen atoms in total. The Morgan fingerprint density at radius 1 is 1.00 bits per heavy atom. The molecule has 0 radical (unpaired) electrons. The molecule has 2 N–H and O–H groups in total. The second kappa shape index (κ2) is 9.40. The molecule has 1 aliphatic heterocycles. The average Bonchev–Trinajstić information content (AvgIpc) is 3.30. The molecular weight excluding hydrogens is 402 g/mol. The van der Waals surface area contributed by atoms with E-state index in [1.54, 1.807) is 24.3 Å². The summed E-state index contributed by atoms with van der Waals surface area (Å²) in [5, 5.41) is 5.64. The topological polar surface area (TPSA) is 95.6 Å². The number of rotatable bonds is 7. The van der Waals surface area contributed by atoms with Gasteiger partial charge in [-0.05, 0) is 62.6 Å². The van der Waals surface area contributed by atoms with Crippen LogP contribution in [-0.2, 0) is 10.0 Å². The van der Waals surface area contributed by atoms with Crippen molar-refractivity contribution in [3.8, 4) is 0 Å². The lowest BCUT2D eigenvalue weighted by Gasteiger charge is -2.16. The van der Waals surface area contributed by atoms with Crippen LogP contribution in [0.1, 0.15) is 53.8 Å². The molecule has 2 amide bonds. The molecule has 30 heavy (non-hydrogen) atoms. The van der Waals surface area contributed by atoms with Gasteiger partial charge in [-0.25, -0.2) is 8.42 Å². The van der Waals surface area contributed by atoms with Gasteiger partial charge in [0.2, 0.25) is 10.0 Å². The molecule has 1 fully saturated rings. The van der Waals surface area contributed by atoms with Crippen molar-refractivity contribution in [3.63, 3.8) is 0 Å². The van der Waals surface area contributed by atoms with Gasteiger partial charge in [0.15, 0.2) is 0 Å². The third kappa shape index (κ3) is 4.88. The highest BCUT2D eigenvalue weighted by Crippen LogP contribution is 2.22. The summed E-state index contributed by atoms with van der Waals surface area (Å²) in [5.74, 6) is -0.670. The van der Waals surface area contributed by atoms with Gasteiger partial charge in [-0.15, -0.1) is 0 Å². The van der Waals surface area contributed by atoms with Crippen LogP contribution >= 0.6 is 0 Å². The van der Waals surface area contributed by atoms with E-state index in [9.17, 15) is 18.0 Å². The Labute approximate surface area is 177 Å². The van der Waals surface area contributed by atoms with Gasteiger partial charge in [-0.3, -0.25) is 9.59 Å². The van der Waals surface area contributed by atoms with E-state index in [4.69, 9.17) is 0 Å². The molecule has 2 aromatic carbocycles. The van der Waals surface area contributed by atoms with Crippen LogP contribution in [0.4, 0.5) is 5.69 Å². The van der Waals surface area contributed by atoms with E-state index in [0.717, 1.165) is 19.3 Å². The third-order valence-corrected chi connectivity index (χ3v) is 7.14. The van der Waals surface area contributed by atoms with Crippen LogP contribution in [0.3, 0.4) is 0 Å². The normalized spacial score (nSPS) is 15.5. The van der Waals surface area contributed by atoms with Gasteiger partial charge in [0.05, 0.1) is 16.1 Å². The summed E-state index contributed by atoms with van der Waals surface area (Å²) in [6.45, 7) is 4.95. The number of carbonyl (C=O) groups is 2. The van der Waals surface area contributed by atoms with Crippen LogP contribution in [0, 0.1) is 0 Å². The fourth-order valence-electron chi connectivity index (χ4n) is 3.24. The summed E-state index contributed by atoms with van der Waals surface area (Å²) in [7, 11) is -3.52. The van der Waals surface area contributed by atoms with Gasteiger partial charge < -0.3 is 10.6 Å². The molecule has 160 valence electrons. The summed E-state index contributed by atoms with van der Waals surface area (Å²) in [4.78, 5) is 25.4. The van der Waals surface area contributed by atoms with Crippen LogP contribution in [-0.4, -0.2) is 43.7 Å². The van der Waals surface area contributed by atoms with E-state index in [-0.39, 0.29) is 16.8 Å². The zero-order chi connectivity index (χ0) is 21.7. The van der Waals surface area contributed by atoms with Crippen molar-refractivity contribution in [2.45, 2.75) is 44.0 Å². The first-order valence-corrected chi connectivity index (χ1v) is 11.6. The number of hydrogen-bond acceptors (Lipinski definition) is 4. The third-order valence-electron chi connectivity index (χ3n) is 5.23. The molecule has 1 heterocycles. The van der Waals surface area contributed by atoms with Crippen LogP contribution in [0.2, 0.25) is 0 Å². The van der Waals surface area contributed by atoms with E-state index in [1.807, 2.05) is 13.8 Å². The van der Waals surface area contributed by atoms with Gasteiger partial charge in [0, 0.05) is 24.7 Å². The number of amides is 2. The largest absolute Gasteiger partial charge is 0.350 e. The Bertz CT molecular complexity index is 1010. The van der Waals surface area contributed by atoms with Gasteiger partial charge in [-0.1, -0.05) is 19.1 Å². The van der Waals surface area contributed by atoms with Gasteiger partial charge >= 0.3 is 0 Å². The number of nitrogens with zero attached hydrogens (tertiary/aromatic N) is 1. The molecule has 0 saturated carbocycles. The van der Waals surface area contributed by atoms with Crippen molar-refractivity contribution >= 4 is 27.5 Å². The molecule has 0 unspecified atom stereocenters. The van der Waals surface area contributed by atoms with Crippen molar-refractivity contribution < 1.29 is 18.0 Å². The lowest BCUT2D eigenvalue weighted by Crippen LogP contribution is -2.32. The predicted molar refractivity (Wildman–Crippen MR) is 116 cm³/mol. The van der Waals surface area contributed by atoms with E-state index >= 15 is 0 Å². The number of hydrogen-bond donors (Lipinski definition) is 2. The van der Waals surface area contributed by atoms with E-state index in [0.29, 0.717) is 29.9 Å². The summed E-state index contributed by atoms with van der Waals surface area (Å²) in [6, 6.07) is 12.7. The maximum absolute atomic E-state index is 12.7. The molecule has 1 aliphatic rings. The van der Waals surface area contributed by atoms with E-state index < -0.39 is 15.9 Å². The van der Waals surface area contributed by atoms with Gasteiger partial charge in [0.25, 0.3) is 11.8 Å². The van der Waals surface area contributed by atoms with Crippen molar-refractivity contribution in [1.82, 2.24) is 9.62 Å². The molecule has 0 bridgehead atoms. The highest BCUT2D eigenvalue weighted by molar-refractivity contribution is 7.89. The lowest BCUT2D eigenvalue weighted by atomic mass is 10.1. The fourth-order valence-corrected chi connectivity index (χ4v) is 4.76. The Morgan fingerprint density at radius 2 is 1.63 bits per heavy atom. The zero-order valence-electron chi connectivity index (χ0n) is 17.2. The Hall–Kier alpha value is -2.71. The minimum Gasteiger partial charge on any atom is -0.350 e. The maximum atomic E-state index is 12.7. The zero-order valence-corrected chi connectivity index (χ0v) is 18.0. The molecule has 0 aromatic heterocycles. The quantitative estimate of drug-likeness (QED) is 0.706. The first-order valence-electron chi connectivity index (χ1n) is 10.1. The smallest absolute Gasteiger partial charge is 0.255 e. The number of anilines is 1. The van der Waals surface area contributed by atoms with Crippen molar-refractivity contribution in [3.05, 3.63) is 59.7 Å². The molecule has 8 heteroatoms. The summed E-state index contributed by atoms with van der Waals surface area (Å²) >= 11 is 0. The van der Waals surface area contributed by atoms with E-state index in [2.05, 4.69) is 10.6 Å². The highest BCUT2D eigenvalue weighted by Gasteiger charge is 2.27. The standard InChI is InChI=1S/C22H27N3O4S/c1-3-16(2)23-22(27)19-8-4-5-9-20(19)24-21(26)17-10-12-18(13-11-17)30(28,29)25-14-6-7-15-25/h4-5,8-13,16H,3,6-7,14-15H2,1-2H3,(H,23,27)(H,24,26)/t16-/m0/s1. The average molecular weight is 430 g/mol. The molecule has 1 saturated heterocycles. The number of sulfonamides is 1. The second-order valence-corrected chi connectivity index (χ2v) is 9.36. The van der Waals surface area contributed by atoms with Crippen LogP contribution < -0.4 is 10.6 Å². The maximum Gasteiger partial charge on any atom is 0.255 e. The first-order chi connectivity index (χ1) is 14.3. The van der Waals surface area contributed by atoms with Crippen LogP contribution in [0.5, 0.6) is 0 Å². The van der Waals surface area contributed by atoms with Crippen molar-refractivity contribution in [2.24, 2.45) is 0 Å². The van der Waals surface area contributed by atoms with Crippen LogP contribution in [0.15, 0.2) is 53.4 Å². The highest BCUT2D eigenvalue weighted by atomic mass is 32.2. The summed E-state index contributed by atoms with van der Waals surface area (Å²) in [5.41, 5.74) is 1.09. The minimum absolute atomic E-state index is 0.0198. The molecule has 1 atom stereocenters. The van der Waals surface area contributed by atoms with E-state index in [1.165, 1.54) is 28.6 Å². The SMILES string of the molecule is CC[C@H](C)NC(=O)c1ccccc1NC(=O)c1ccc(S(=O)(=O)N2CCCC2)cc1. The Kier molecular flexibility index (Phi) is 6.89. The fraction of sp³-hybridized carbons (Fsp3) is 0.364. The van der Waals surface area contributed by atoms with Crippen LogP contribution in [0.25, 0.3) is 0 Å². The monoisotopic (exact) mass is 429 g/mol. The van der Waals surface area contributed by atoms with Gasteiger partial charge in [0.1, 0.15) is 0 Å². The molecule has 2 aromatic rings. The molecule has 3 rings (SSSR count). The molecule has 0 aliphatic carbocycles. The Balaban J connectivity index is 1.75. The number of carbonyl (C=O) groups excluding carboxylic acids is 2. The summed E-state index contributed by atoms with van der Waals surface area (Å²) < 4.78 is 26.7. The predicted octanol–water partition coefficient (Wildman–Crippen LogP) is 3.25. The number of para-hydroxylation sites is 1. The number of nitrogens with one attached hydrogen (secondary N) is 2. The second-order valence-electron chi connectivity index (χ2n) is 7.42. The lowest BCUT2D eigenvalue weighted by molar-refractivity contribution is 0.0940. The molecular formula is C22H27N3O4S. The minimum atomic E-state index is -3.52. The number of benzene rings is 2.